The fourth-order valence-electron chi connectivity index (χ4n) is 1.42. The smallest absolute Gasteiger partial charge is 0.251 e. The third-order valence-electron chi connectivity index (χ3n) is 2.19. The summed E-state index contributed by atoms with van der Waals surface area (Å²) in [5, 5.41) is 0. The van der Waals surface area contributed by atoms with Gasteiger partial charge in [-0.25, -0.2) is 4.98 Å². The van der Waals surface area contributed by atoms with Crippen LogP contribution in [0.5, 0.6) is 0 Å². The number of aryl methyl sites for hydroxylation is 1. The topological polar surface area (TPSA) is 25.8 Å². The Balaban J connectivity index is 2.47. The van der Waals surface area contributed by atoms with Crippen LogP contribution >= 0.6 is 0 Å². The molecular weight excluding hydrogens is 229 g/mol. The lowest BCUT2D eigenvalue weighted by Gasteiger charge is -2.07. The van der Waals surface area contributed by atoms with E-state index in [0.717, 1.165) is 11.8 Å². The van der Waals surface area contributed by atoms with E-state index in [2.05, 4.69) is 9.97 Å². The highest BCUT2D eigenvalue weighted by atomic mass is 19.4. The highest BCUT2D eigenvalue weighted by Crippen LogP contribution is 2.28. The van der Waals surface area contributed by atoms with Crippen LogP contribution in [0.15, 0.2) is 36.4 Å². The van der Waals surface area contributed by atoms with Crippen molar-refractivity contribution in [2.75, 3.05) is 0 Å². The summed E-state index contributed by atoms with van der Waals surface area (Å²) < 4.78 is 37.4. The summed E-state index contributed by atoms with van der Waals surface area (Å²) in [6.45, 7) is 1.77. The molecule has 2 aromatic rings. The van der Waals surface area contributed by atoms with Crippen molar-refractivity contribution in [3.63, 3.8) is 0 Å². The molecule has 0 N–H and O–H groups in total. The molecule has 0 aliphatic heterocycles. The van der Waals surface area contributed by atoms with Crippen LogP contribution < -0.4 is 0 Å². The van der Waals surface area contributed by atoms with Crippen LogP contribution in [0.25, 0.3) is 11.4 Å². The quantitative estimate of drug-likeness (QED) is 0.760. The van der Waals surface area contributed by atoms with Gasteiger partial charge in [0.15, 0.2) is 0 Å². The Morgan fingerprint density at radius 1 is 0.882 bits per heavy atom. The molecule has 0 aromatic carbocycles. The number of aromatic nitrogens is 2. The van der Waals surface area contributed by atoms with Crippen LogP contribution in [0.4, 0.5) is 13.2 Å². The number of pyridine rings is 2. The van der Waals surface area contributed by atoms with Crippen molar-refractivity contribution < 1.29 is 13.2 Å². The molecule has 2 nitrogen and oxygen atoms in total. The van der Waals surface area contributed by atoms with E-state index >= 15 is 0 Å². The first-order valence-electron chi connectivity index (χ1n) is 4.95. The van der Waals surface area contributed by atoms with Crippen molar-refractivity contribution in [1.82, 2.24) is 9.97 Å². The Labute approximate surface area is 96.2 Å². The predicted octanol–water partition coefficient (Wildman–Crippen LogP) is 3.47. The fraction of sp³-hybridized carbons (Fsp3) is 0.167. The monoisotopic (exact) mass is 238 g/mol. The summed E-state index contributed by atoms with van der Waals surface area (Å²) in [5.74, 6) is 0. The molecule has 2 aromatic heterocycles. The number of nitrogens with zero attached hydrogens (tertiary/aromatic N) is 2. The van der Waals surface area contributed by atoms with Crippen LogP contribution in [0, 0.1) is 6.92 Å². The fourth-order valence-corrected chi connectivity index (χ4v) is 1.42. The van der Waals surface area contributed by atoms with Crippen LogP contribution in [-0.2, 0) is 6.18 Å². The first-order valence-corrected chi connectivity index (χ1v) is 4.95. The van der Waals surface area contributed by atoms with Gasteiger partial charge in [0.1, 0.15) is 5.69 Å². The Kier molecular flexibility index (Phi) is 2.83. The van der Waals surface area contributed by atoms with Gasteiger partial charge in [-0.1, -0.05) is 12.1 Å². The molecule has 0 spiro atoms. The van der Waals surface area contributed by atoms with Gasteiger partial charge in [0.25, 0.3) is 0 Å². The number of halogens is 3. The van der Waals surface area contributed by atoms with Crippen LogP contribution in [-0.4, -0.2) is 9.97 Å². The second-order valence-corrected chi connectivity index (χ2v) is 3.57. The van der Waals surface area contributed by atoms with Gasteiger partial charge >= 0.3 is 6.18 Å². The summed E-state index contributed by atoms with van der Waals surface area (Å²) in [6.07, 6.45) is -4.43. The molecule has 2 heterocycles. The molecule has 0 saturated heterocycles. The maximum absolute atomic E-state index is 12.5. The number of hydrogen-bond donors (Lipinski definition) is 0. The largest absolute Gasteiger partial charge is 0.433 e. The molecule has 0 unspecified atom stereocenters. The average molecular weight is 238 g/mol. The molecule has 0 amide bonds. The van der Waals surface area contributed by atoms with Gasteiger partial charge in [-0.05, 0) is 31.2 Å². The third-order valence-corrected chi connectivity index (χ3v) is 2.19. The minimum atomic E-state index is -4.43. The van der Waals surface area contributed by atoms with Gasteiger partial charge in [0.2, 0.25) is 0 Å². The lowest BCUT2D eigenvalue weighted by atomic mass is 10.2. The van der Waals surface area contributed by atoms with Crippen molar-refractivity contribution in [2.45, 2.75) is 13.1 Å². The number of rotatable bonds is 1. The van der Waals surface area contributed by atoms with Gasteiger partial charge in [-0.3, -0.25) is 4.98 Å². The molecule has 0 atom stereocenters. The van der Waals surface area contributed by atoms with E-state index in [1.807, 2.05) is 0 Å². The van der Waals surface area contributed by atoms with E-state index in [4.69, 9.17) is 0 Å². The Bertz CT molecular complexity index is 535. The second-order valence-electron chi connectivity index (χ2n) is 3.57. The molecule has 0 aliphatic carbocycles. The zero-order valence-corrected chi connectivity index (χ0v) is 8.99. The first kappa shape index (κ1) is 11.6. The van der Waals surface area contributed by atoms with Crippen LogP contribution in [0.1, 0.15) is 11.4 Å². The van der Waals surface area contributed by atoms with Crippen LogP contribution in [0.3, 0.4) is 0 Å². The van der Waals surface area contributed by atoms with Gasteiger partial charge in [-0.15, -0.1) is 0 Å². The van der Waals surface area contributed by atoms with Crippen molar-refractivity contribution in [1.29, 1.82) is 0 Å². The SMILES string of the molecule is Cc1cccc(-c2cccc(C(F)(F)F)n2)n1. The molecule has 0 radical (unpaired) electrons. The van der Waals surface area contributed by atoms with E-state index in [-0.39, 0.29) is 5.69 Å². The molecule has 2 rings (SSSR count). The Morgan fingerprint density at radius 3 is 2.06 bits per heavy atom. The first-order chi connectivity index (χ1) is 7.97. The van der Waals surface area contributed by atoms with Gasteiger partial charge < -0.3 is 0 Å². The Hall–Kier alpha value is -1.91. The summed E-state index contributed by atoms with van der Waals surface area (Å²) in [7, 11) is 0. The molecule has 0 aliphatic rings. The highest BCUT2D eigenvalue weighted by Gasteiger charge is 2.32. The van der Waals surface area contributed by atoms with E-state index in [1.165, 1.54) is 12.1 Å². The second kappa shape index (κ2) is 4.16. The summed E-state index contributed by atoms with van der Waals surface area (Å²) in [6, 6.07) is 8.93. The van der Waals surface area contributed by atoms with E-state index < -0.39 is 11.9 Å². The maximum atomic E-state index is 12.5. The van der Waals surface area contributed by atoms with Crippen molar-refractivity contribution in [2.24, 2.45) is 0 Å². The zero-order chi connectivity index (χ0) is 12.5. The molecule has 5 heteroatoms. The normalized spacial score (nSPS) is 11.5. The van der Waals surface area contributed by atoms with Gasteiger partial charge in [0, 0.05) is 5.69 Å². The summed E-state index contributed by atoms with van der Waals surface area (Å²) >= 11 is 0. The van der Waals surface area contributed by atoms with Crippen molar-refractivity contribution in [3.05, 3.63) is 47.8 Å². The molecule has 0 saturated carbocycles. The van der Waals surface area contributed by atoms with E-state index in [1.54, 1.807) is 25.1 Å². The van der Waals surface area contributed by atoms with E-state index in [0.29, 0.717) is 5.69 Å². The molecule has 88 valence electrons. The minimum Gasteiger partial charge on any atom is -0.251 e. The number of alkyl halides is 3. The van der Waals surface area contributed by atoms with Crippen LogP contribution in [0.2, 0.25) is 0 Å². The van der Waals surface area contributed by atoms with E-state index in [9.17, 15) is 13.2 Å². The van der Waals surface area contributed by atoms with Gasteiger partial charge in [-0.2, -0.15) is 13.2 Å². The third kappa shape index (κ3) is 2.61. The maximum Gasteiger partial charge on any atom is 0.433 e. The molecule has 17 heavy (non-hydrogen) atoms. The Morgan fingerprint density at radius 2 is 1.47 bits per heavy atom. The van der Waals surface area contributed by atoms with Crippen molar-refractivity contribution in [3.8, 4) is 11.4 Å². The average Bonchev–Trinajstić information content (AvgIpc) is 2.28. The lowest BCUT2D eigenvalue weighted by Crippen LogP contribution is -2.08. The molecular formula is C12H9F3N2. The van der Waals surface area contributed by atoms with Gasteiger partial charge in [0.05, 0.1) is 11.4 Å². The molecule has 0 bridgehead atoms. The summed E-state index contributed by atoms with van der Waals surface area (Å²) in [5.41, 5.74) is 0.500. The molecule has 0 fully saturated rings. The predicted molar refractivity (Wildman–Crippen MR) is 57.2 cm³/mol. The van der Waals surface area contributed by atoms with Crippen molar-refractivity contribution >= 4 is 0 Å². The summed E-state index contributed by atoms with van der Waals surface area (Å²) in [4.78, 5) is 7.70. The minimum absolute atomic E-state index is 0.225. The standard InChI is InChI=1S/C12H9F3N2/c1-8-4-2-5-9(16-8)10-6-3-7-11(17-10)12(13,14)15/h2-7H,1H3. The number of hydrogen-bond acceptors (Lipinski definition) is 2. The highest BCUT2D eigenvalue weighted by molar-refractivity contribution is 5.54. The zero-order valence-electron chi connectivity index (χ0n) is 8.99. The lowest BCUT2D eigenvalue weighted by molar-refractivity contribution is -0.141.